The van der Waals surface area contributed by atoms with Crippen LogP contribution in [0.2, 0.25) is 0 Å². The summed E-state index contributed by atoms with van der Waals surface area (Å²) in [7, 11) is 0. The molecule has 1 aliphatic carbocycles. The Kier molecular flexibility index (Phi) is 3.20. The van der Waals surface area contributed by atoms with Crippen LogP contribution in [0.3, 0.4) is 0 Å². The Morgan fingerprint density at radius 1 is 1.25 bits per heavy atom. The Bertz CT molecular complexity index is 418. The van der Waals surface area contributed by atoms with Gasteiger partial charge in [-0.05, 0) is 25.5 Å². The van der Waals surface area contributed by atoms with Crippen molar-refractivity contribution >= 4 is 12.0 Å². The lowest BCUT2D eigenvalue weighted by molar-refractivity contribution is 0.595. The third-order valence-corrected chi connectivity index (χ3v) is 2.60. The third kappa shape index (κ3) is 2.83. The minimum absolute atomic E-state index is 0.101. The fourth-order valence-electron chi connectivity index (χ4n) is 1.60. The maximum atomic E-state index is 4.54. The van der Waals surface area contributed by atoms with Crippen LogP contribution in [-0.2, 0) is 0 Å². The fourth-order valence-corrected chi connectivity index (χ4v) is 1.60. The average molecular weight is 212 g/mol. The number of allylic oxidation sites excluding steroid dienone is 2. The quantitative estimate of drug-likeness (QED) is 0.602. The molecule has 1 aromatic carbocycles. The Hall–Kier alpha value is -1.83. The van der Waals surface area contributed by atoms with Crippen molar-refractivity contribution in [1.29, 1.82) is 0 Å². The Morgan fingerprint density at radius 2 is 2.06 bits per heavy atom. The van der Waals surface area contributed by atoms with Crippen molar-refractivity contribution in [2.24, 2.45) is 4.99 Å². The topological polar surface area (TPSA) is 24.4 Å². The molecule has 0 radical (unpaired) electrons. The van der Waals surface area contributed by atoms with Gasteiger partial charge < -0.3 is 5.32 Å². The van der Waals surface area contributed by atoms with E-state index in [1.165, 1.54) is 0 Å². The van der Waals surface area contributed by atoms with Gasteiger partial charge in [-0.3, -0.25) is 4.99 Å². The van der Waals surface area contributed by atoms with Crippen LogP contribution < -0.4 is 5.32 Å². The van der Waals surface area contributed by atoms with Gasteiger partial charge in [0.2, 0.25) is 0 Å². The predicted molar refractivity (Wildman–Crippen MR) is 69.9 cm³/mol. The van der Waals surface area contributed by atoms with E-state index < -0.39 is 0 Å². The summed E-state index contributed by atoms with van der Waals surface area (Å²) >= 11 is 0. The average Bonchev–Trinajstić information content (AvgIpc) is 2.31. The highest BCUT2D eigenvalue weighted by Crippen LogP contribution is 2.20. The summed E-state index contributed by atoms with van der Waals surface area (Å²) in [6.07, 6.45) is 11.1. The minimum Gasteiger partial charge on any atom is -0.347 e. The predicted octanol–water partition coefficient (Wildman–Crippen LogP) is 3.40. The summed E-state index contributed by atoms with van der Waals surface area (Å²) in [5, 5.41) is 3.17. The van der Waals surface area contributed by atoms with Crippen molar-refractivity contribution < 1.29 is 0 Å². The summed E-state index contributed by atoms with van der Waals surface area (Å²) in [6.45, 7) is 2.12. The van der Waals surface area contributed by atoms with Gasteiger partial charge in [0.15, 0.2) is 0 Å². The molecule has 16 heavy (non-hydrogen) atoms. The zero-order valence-corrected chi connectivity index (χ0v) is 9.43. The molecule has 82 valence electrons. The summed E-state index contributed by atoms with van der Waals surface area (Å²) in [5.74, 6) is 0. The highest BCUT2D eigenvalue weighted by Gasteiger charge is 2.17. The van der Waals surface area contributed by atoms with Crippen molar-refractivity contribution in [1.82, 2.24) is 0 Å². The van der Waals surface area contributed by atoms with Gasteiger partial charge in [-0.1, -0.05) is 42.5 Å². The molecule has 0 amide bonds. The van der Waals surface area contributed by atoms with Crippen molar-refractivity contribution in [3.05, 3.63) is 54.6 Å². The second-order valence-electron chi connectivity index (χ2n) is 4.12. The zero-order chi connectivity index (χ0) is 11.3. The first-order chi connectivity index (χ1) is 7.79. The number of nitrogens with one attached hydrogen (secondary N) is 1. The highest BCUT2D eigenvalue weighted by molar-refractivity contribution is 5.75. The number of hydrogen-bond donors (Lipinski definition) is 1. The van der Waals surface area contributed by atoms with E-state index in [9.17, 15) is 0 Å². The normalized spacial score (nSPS) is 23.8. The van der Waals surface area contributed by atoms with Crippen LogP contribution in [0, 0.1) is 0 Å². The van der Waals surface area contributed by atoms with Gasteiger partial charge in [-0.15, -0.1) is 0 Å². The number of para-hydroxylation sites is 1. The highest BCUT2D eigenvalue weighted by atomic mass is 15.0. The van der Waals surface area contributed by atoms with Gasteiger partial charge in [-0.2, -0.15) is 0 Å². The molecule has 1 N–H and O–H groups in total. The molecule has 2 rings (SSSR count). The molecule has 2 nitrogen and oxygen atoms in total. The van der Waals surface area contributed by atoms with Crippen molar-refractivity contribution in [3.8, 4) is 0 Å². The standard InChI is InChI=1S/C14H16N2/c1-14(10-6-3-7-11-14)16-12-15-13-8-4-2-5-9-13/h2-10,12H,11H2,1H3,(H,15,16). The third-order valence-electron chi connectivity index (χ3n) is 2.60. The molecule has 0 bridgehead atoms. The minimum atomic E-state index is -0.101. The second-order valence-corrected chi connectivity index (χ2v) is 4.12. The van der Waals surface area contributed by atoms with E-state index in [1.807, 2.05) is 36.4 Å². The zero-order valence-electron chi connectivity index (χ0n) is 9.43. The summed E-state index contributed by atoms with van der Waals surface area (Å²) in [6, 6.07) is 10.0. The van der Waals surface area contributed by atoms with Gasteiger partial charge in [0, 0.05) is 5.69 Å². The van der Waals surface area contributed by atoms with Crippen molar-refractivity contribution in [2.75, 3.05) is 5.32 Å². The van der Waals surface area contributed by atoms with E-state index in [0.717, 1.165) is 12.1 Å². The Labute approximate surface area is 96.4 Å². The van der Waals surface area contributed by atoms with E-state index in [2.05, 4.69) is 35.5 Å². The molecule has 0 fully saturated rings. The molecule has 1 atom stereocenters. The first-order valence-electron chi connectivity index (χ1n) is 5.48. The first kappa shape index (κ1) is 10.7. The Morgan fingerprint density at radius 3 is 2.75 bits per heavy atom. The van der Waals surface area contributed by atoms with Crippen molar-refractivity contribution in [2.45, 2.75) is 18.9 Å². The van der Waals surface area contributed by atoms with Crippen LogP contribution in [0.5, 0.6) is 0 Å². The van der Waals surface area contributed by atoms with Crippen LogP contribution in [0.25, 0.3) is 0 Å². The molecule has 0 saturated carbocycles. The van der Waals surface area contributed by atoms with Crippen LogP contribution in [0.4, 0.5) is 5.69 Å². The van der Waals surface area contributed by atoms with Crippen LogP contribution in [0.1, 0.15) is 13.3 Å². The summed E-state index contributed by atoms with van der Waals surface area (Å²) < 4.78 is 0. The smallest absolute Gasteiger partial charge is 0.0878 e. The van der Waals surface area contributed by atoms with Crippen LogP contribution in [0.15, 0.2) is 59.6 Å². The lowest BCUT2D eigenvalue weighted by atomic mass is 9.95. The van der Waals surface area contributed by atoms with Gasteiger partial charge in [-0.25, -0.2) is 0 Å². The van der Waals surface area contributed by atoms with Crippen LogP contribution in [-0.4, -0.2) is 11.9 Å². The number of benzene rings is 1. The molecule has 2 heteroatoms. The molecule has 0 aromatic heterocycles. The molecule has 1 unspecified atom stereocenters. The lowest BCUT2D eigenvalue weighted by Gasteiger charge is -2.21. The van der Waals surface area contributed by atoms with E-state index in [0.29, 0.717) is 0 Å². The Balaban J connectivity index is 1.95. The van der Waals surface area contributed by atoms with E-state index in [4.69, 9.17) is 0 Å². The molecular formula is C14H16N2. The number of nitrogens with zero attached hydrogens (tertiary/aromatic N) is 1. The van der Waals surface area contributed by atoms with E-state index >= 15 is 0 Å². The van der Waals surface area contributed by atoms with Gasteiger partial charge in [0.05, 0.1) is 11.9 Å². The number of hydrogen-bond acceptors (Lipinski definition) is 1. The first-order valence-corrected chi connectivity index (χ1v) is 5.48. The molecular weight excluding hydrogens is 196 g/mol. The molecule has 0 saturated heterocycles. The number of anilines is 1. The monoisotopic (exact) mass is 212 g/mol. The van der Waals surface area contributed by atoms with E-state index in [-0.39, 0.29) is 5.54 Å². The number of rotatable bonds is 3. The molecule has 0 aliphatic heterocycles. The molecule has 0 spiro atoms. The maximum absolute atomic E-state index is 4.54. The van der Waals surface area contributed by atoms with Gasteiger partial charge in [0.25, 0.3) is 0 Å². The maximum Gasteiger partial charge on any atom is 0.0878 e. The second kappa shape index (κ2) is 4.79. The SMILES string of the molecule is CC1(N=CNc2ccccc2)C=CC=CC1. The van der Waals surface area contributed by atoms with Gasteiger partial charge >= 0.3 is 0 Å². The van der Waals surface area contributed by atoms with Crippen molar-refractivity contribution in [3.63, 3.8) is 0 Å². The largest absolute Gasteiger partial charge is 0.347 e. The van der Waals surface area contributed by atoms with E-state index in [1.54, 1.807) is 6.34 Å². The van der Waals surface area contributed by atoms with Crippen LogP contribution >= 0.6 is 0 Å². The molecule has 1 aliphatic rings. The van der Waals surface area contributed by atoms with Gasteiger partial charge in [0.1, 0.15) is 0 Å². The molecule has 0 heterocycles. The fraction of sp³-hybridized carbons (Fsp3) is 0.214. The molecule has 1 aromatic rings. The lowest BCUT2D eigenvalue weighted by Crippen LogP contribution is -2.20. The summed E-state index contributed by atoms with van der Waals surface area (Å²) in [5.41, 5.74) is 0.960. The number of aliphatic imine (C=N–C) groups is 1. The summed E-state index contributed by atoms with van der Waals surface area (Å²) in [4.78, 5) is 4.54.